The summed E-state index contributed by atoms with van der Waals surface area (Å²) in [7, 11) is 1.81. The Balaban J connectivity index is 2.42. The summed E-state index contributed by atoms with van der Waals surface area (Å²) >= 11 is 0. The highest BCUT2D eigenvalue weighted by Crippen LogP contribution is 2.27. The lowest BCUT2D eigenvalue weighted by atomic mass is 9.87. The second-order valence-electron chi connectivity index (χ2n) is 4.22. The normalized spacial score (nSPS) is 27.4. The van der Waals surface area contributed by atoms with Crippen LogP contribution in [0.25, 0.3) is 0 Å². The summed E-state index contributed by atoms with van der Waals surface area (Å²) in [6.45, 7) is 2.83. The molecule has 1 saturated carbocycles. The van der Waals surface area contributed by atoms with E-state index < -0.39 is 6.17 Å². The molecule has 0 aromatic heterocycles. The fourth-order valence-electron chi connectivity index (χ4n) is 2.11. The minimum absolute atomic E-state index is 0.0599. The second kappa shape index (κ2) is 5.32. The number of carbonyl (C=O) groups excluding carboxylic acids is 1. The van der Waals surface area contributed by atoms with Crippen molar-refractivity contribution >= 4 is 5.91 Å². The average Bonchev–Trinajstić information content (AvgIpc) is 2.17. The van der Waals surface area contributed by atoms with Crippen molar-refractivity contribution in [2.24, 2.45) is 5.92 Å². The van der Waals surface area contributed by atoms with E-state index in [0.717, 1.165) is 25.8 Å². The average molecular weight is 201 g/mol. The Bertz CT molecular complexity index is 196. The van der Waals surface area contributed by atoms with E-state index in [-0.39, 0.29) is 11.8 Å². The molecule has 1 amide bonds. The molecule has 2 nitrogen and oxygen atoms in total. The molecular weight excluding hydrogens is 181 g/mol. The summed E-state index contributed by atoms with van der Waals surface area (Å²) in [6, 6.07) is 0. The molecule has 0 saturated heterocycles. The van der Waals surface area contributed by atoms with Gasteiger partial charge in [0.25, 0.3) is 0 Å². The second-order valence-corrected chi connectivity index (χ2v) is 4.22. The van der Waals surface area contributed by atoms with Crippen LogP contribution in [0, 0.1) is 5.92 Å². The minimum Gasteiger partial charge on any atom is -0.346 e. The third-order valence-electron chi connectivity index (χ3n) is 2.89. The highest BCUT2D eigenvalue weighted by molar-refractivity contribution is 5.78. The van der Waals surface area contributed by atoms with Gasteiger partial charge in [-0.15, -0.1) is 0 Å². The molecule has 1 aliphatic carbocycles. The van der Waals surface area contributed by atoms with Crippen molar-refractivity contribution in [2.75, 3.05) is 13.6 Å². The molecule has 0 N–H and O–H groups in total. The zero-order valence-electron chi connectivity index (χ0n) is 9.13. The van der Waals surface area contributed by atoms with Crippen LogP contribution in [-0.4, -0.2) is 30.6 Å². The third-order valence-corrected chi connectivity index (χ3v) is 2.89. The van der Waals surface area contributed by atoms with Gasteiger partial charge >= 0.3 is 0 Å². The van der Waals surface area contributed by atoms with Crippen LogP contribution in [0.3, 0.4) is 0 Å². The van der Waals surface area contributed by atoms with Crippen molar-refractivity contribution in [3.05, 3.63) is 0 Å². The van der Waals surface area contributed by atoms with E-state index in [1.165, 1.54) is 0 Å². The Morgan fingerprint density at radius 3 is 2.79 bits per heavy atom. The maximum absolute atomic E-state index is 13.1. The van der Waals surface area contributed by atoms with Crippen molar-refractivity contribution in [3.63, 3.8) is 0 Å². The van der Waals surface area contributed by atoms with Gasteiger partial charge in [-0.25, -0.2) is 4.39 Å². The minimum atomic E-state index is -0.757. The Hall–Kier alpha value is -0.600. The number of halogens is 1. The van der Waals surface area contributed by atoms with E-state index in [9.17, 15) is 9.18 Å². The standard InChI is InChI=1S/C11H20FNO/c1-3-7-13(2)11(14)9-5-4-6-10(12)8-9/h9-10H,3-8H2,1-2H3/t9-,10+/m1/s1. The summed E-state index contributed by atoms with van der Waals surface area (Å²) in [5.74, 6) is 0.0736. The van der Waals surface area contributed by atoms with Crippen LogP contribution < -0.4 is 0 Å². The van der Waals surface area contributed by atoms with Crippen LogP contribution in [-0.2, 0) is 4.79 Å². The fourth-order valence-corrected chi connectivity index (χ4v) is 2.11. The molecule has 0 bridgehead atoms. The van der Waals surface area contributed by atoms with E-state index in [4.69, 9.17) is 0 Å². The first kappa shape index (κ1) is 11.5. The van der Waals surface area contributed by atoms with Crippen molar-refractivity contribution in [3.8, 4) is 0 Å². The predicted octanol–water partition coefficient (Wildman–Crippen LogP) is 2.38. The third kappa shape index (κ3) is 2.96. The monoisotopic (exact) mass is 201 g/mol. The number of hydrogen-bond donors (Lipinski definition) is 0. The number of amides is 1. The van der Waals surface area contributed by atoms with Crippen LogP contribution in [0.5, 0.6) is 0 Å². The summed E-state index contributed by atoms with van der Waals surface area (Å²) in [4.78, 5) is 13.5. The number of rotatable bonds is 3. The summed E-state index contributed by atoms with van der Waals surface area (Å²) in [5, 5.41) is 0. The first-order valence-electron chi connectivity index (χ1n) is 5.54. The highest BCUT2D eigenvalue weighted by Gasteiger charge is 2.28. The lowest BCUT2D eigenvalue weighted by Crippen LogP contribution is -2.36. The Morgan fingerprint density at radius 2 is 2.21 bits per heavy atom. The molecule has 1 fully saturated rings. The Kier molecular flexibility index (Phi) is 4.36. The first-order valence-corrected chi connectivity index (χ1v) is 5.54. The first-order chi connectivity index (χ1) is 6.65. The van der Waals surface area contributed by atoms with Gasteiger partial charge in [0, 0.05) is 19.5 Å². The highest BCUT2D eigenvalue weighted by atomic mass is 19.1. The van der Waals surface area contributed by atoms with Gasteiger partial charge in [-0.05, 0) is 32.1 Å². The van der Waals surface area contributed by atoms with Crippen LogP contribution in [0.4, 0.5) is 4.39 Å². The van der Waals surface area contributed by atoms with Gasteiger partial charge in [-0.3, -0.25) is 4.79 Å². The summed E-state index contributed by atoms with van der Waals surface area (Å²) < 4.78 is 13.1. The molecule has 0 radical (unpaired) electrons. The molecule has 0 heterocycles. The Morgan fingerprint density at radius 1 is 1.50 bits per heavy atom. The number of hydrogen-bond acceptors (Lipinski definition) is 1. The van der Waals surface area contributed by atoms with Crippen LogP contribution in [0.2, 0.25) is 0 Å². The smallest absolute Gasteiger partial charge is 0.225 e. The number of carbonyl (C=O) groups is 1. The molecule has 0 aromatic rings. The summed E-state index contributed by atoms with van der Waals surface area (Å²) in [5.41, 5.74) is 0. The fraction of sp³-hybridized carbons (Fsp3) is 0.909. The largest absolute Gasteiger partial charge is 0.346 e. The Labute approximate surface area is 85.5 Å². The van der Waals surface area contributed by atoms with E-state index in [0.29, 0.717) is 12.8 Å². The molecule has 1 aliphatic rings. The van der Waals surface area contributed by atoms with Crippen molar-refractivity contribution < 1.29 is 9.18 Å². The number of nitrogens with zero attached hydrogens (tertiary/aromatic N) is 1. The van der Waals surface area contributed by atoms with Gasteiger partial charge in [-0.2, -0.15) is 0 Å². The summed E-state index contributed by atoms with van der Waals surface area (Å²) in [6.07, 6.45) is 3.01. The molecule has 1 rings (SSSR count). The van der Waals surface area contributed by atoms with Crippen molar-refractivity contribution in [1.82, 2.24) is 4.90 Å². The lowest BCUT2D eigenvalue weighted by molar-refractivity contribution is -0.135. The molecule has 3 heteroatoms. The molecular formula is C11H20FNO. The van der Waals surface area contributed by atoms with Gasteiger partial charge in [0.2, 0.25) is 5.91 Å². The van der Waals surface area contributed by atoms with Gasteiger partial charge in [-0.1, -0.05) is 6.92 Å². The van der Waals surface area contributed by atoms with E-state index >= 15 is 0 Å². The zero-order valence-corrected chi connectivity index (χ0v) is 9.13. The molecule has 14 heavy (non-hydrogen) atoms. The van der Waals surface area contributed by atoms with Crippen LogP contribution >= 0.6 is 0 Å². The van der Waals surface area contributed by atoms with E-state index in [1.54, 1.807) is 4.90 Å². The molecule has 0 spiro atoms. The molecule has 2 atom stereocenters. The quantitative estimate of drug-likeness (QED) is 0.686. The predicted molar refractivity (Wildman–Crippen MR) is 54.8 cm³/mol. The zero-order chi connectivity index (χ0) is 10.6. The van der Waals surface area contributed by atoms with Gasteiger partial charge in [0.15, 0.2) is 0 Å². The topological polar surface area (TPSA) is 20.3 Å². The SMILES string of the molecule is CCCN(C)C(=O)[C@@H]1CCC[C@H](F)C1. The molecule has 0 aliphatic heterocycles. The van der Waals surface area contributed by atoms with Crippen LogP contribution in [0.1, 0.15) is 39.0 Å². The number of alkyl halides is 1. The molecule has 0 unspecified atom stereocenters. The maximum Gasteiger partial charge on any atom is 0.225 e. The van der Waals surface area contributed by atoms with Gasteiger partial charge < -0.3 is 4.90 Å². The maximum atomic E-state index is 13.1. The van der Waals surface area contributed by atoms with E-state index in [1.807, 2.05) is 14.0 Å². The lowest BCUT2D eigenvalue weighted by Gasteiger charge is -2.27. The van der Waals surface area contributed by atoms with Crippen molar-refractivity contribution in [2.45, 2.75) is 45.2 Å². The van der Waals surface area contributed by atoms with Gasteiger partial charge in [0.1, 0.15) is 6.17 Å². The van der Waals surface area contributed by atoms with Crippen molar-refractivity contribution in [1.29, 1.82) is 0 Å². The van der Waals surface area contributed by atoms with Crippen LogP contribution in [0.15, 0.2) is 0 Å². The van der Waals surface area contributed by atoms with E-state index in [2.05, 4.69) is 0 Å². The molecule has 82 valence electrons. The van der Waals surface area contributed by atoms with Gasteiger partial charge in [0.05, 0.1) is 0 Å². The molecule has 0 aromatic carbocycles.